The highest BCUT2D eigenvalue weighted by Crippen LogP contribution is 2.15. The zero-order valence-corrected chi connectivity index (χ0v) is 12.8. The van der Waals surface area contributed by atoms with Crippen molar-refractivity contribution < 1.29 is 4.74 Å². The van der Waals surface area contributed by atoms with Gasteiger partial charge < -0.3 is 15.8 Å². The van der Waals surface area contributed by atoms with Gasteiger partial charge in [-0.3, -0.25) is 0 Å². The van der Waals surface area contributed by atoms with E-state index in [-0.39, 0.29) is 0 Å². The van der Waals surface area contributed by atoms with Crippen molar-refractivity contribution in [3.05, 3.63) is 60.0 Å². The second-order valence-electron chi connectivity index (χ2n) is 4.95. The largest absolute Gasteiger partial charge is 0.380 e. The topological polar surface area (TPSA) is 89.8 Å². The number of fused-ring (bicyclic) bond motifs is 1. The Morgan fingerprint density at radius 2 is 2.13 bits per heavy atom. The SMILES string of the molecule is COCc1ccccc1NC(N)=NCc1ccnc2ccnn12. The second kappa shape index (κ2) is 6.89. The minimum Gasteiger partial charge on any atom is -0.380 e. The summed E-state index contributed by atoms with van der Waals surface area (Å²) in [5.74, 6) is 0.339. The zero-order chi connectivity index (χ0) is 16.1. The van der Waals surface area contributed by atoms with E-state index in [4.69, 9.17) is 10.5 Å². The Kier molecular flexibility index (Phi) is 4.49. The molecule has 0 unspecified atom stereocenters. The van der Waals surface area contributed by atoms with Crippen molar-refractivity contribution in [2.75, 3.05) is 12.4 Å². The second-order valence-corrected chi connectivity index (χ2v) is 4.95. The van der Waals surface area contributed by atoms with E-state index in [1.807, 2.05) is 36.4 Å². The molecule has 0 atom stereocenters. The fraction of sp³-hybridized carbons (Fsp3) is 0.188. The lowest BCUT2D eigenvalue weighted by molar-refractivity contribution is 0.185. The predicted molar refractivity (Wildman–Crippen MR) is 89.1 cm³/mol. The van der Waals surface area contributed by atoms with Gasteiger partial charge in [-0.05, 0) is 12.1 Å². The van der Waals surface area contributed by atoms with Gasteiger partial charge in [0.1, 0.15) is 0 Å². The number of rotatable bonds is 5. The molecule has 0 aliphatic rings. The van der Waals surface area contributed by atoms with Gasteiger partial charge in [0.25, 0.3) is 0 Å². The van der Waals surface area contributed by atoms with E-state index in [0.29, 0.717) is 19.1 Å². The molecule has 3 N–H and O–H groups in total. The van der Waals surface area contributed by atoms with Gasteiger partial charge in [0.05, 0.1) is 25.0 Å². The lowest BCUT2D eigenvalue weighted by Crippen LogP contribution is -2.23. The van der Waals surface area contributed by atoms with Crippen LogP contribution in [-0.2, 0) is 17.9 Å². The number of hydrogen-bond acceptors (Lipinski definition) is 4. The van der Waals surface area contributed by atoms with Crippen molar-refractivity contribution in [3.63, 3.8) is 0 Å². The Morgan fingerprint density at radius 3 is 3.00 bits per heavy atom. The number of aromatic nitrogens is 3. The molecule has 23 heavy (non-hydrogen) atoms. The predicted octanol–water partition coefficient (Wildman–Crippen LogP) is 1.80. The van der Waals surface area contributed by atoms with Gasteiger partial charge >= 0.3 is 0 Å². The van der Waals surface area contributed by atoms with E-state index < -0.39 is 0 Å². The van der Waals surface area contributed by atoms with Crippen LogP contribution in [0.2, 0.25) is 0 Å². The van der Waals surface area contributed by atoms with Crippen LogP contribution in [0.1, 0.15) is 11.3 Å². The molecule has 0 fully saturated rings. The quantitative estimate of drug-likeness (QED) is 0.554. The van der Waals surface area contributed by atoms with Crippen molar-refractivity contribution in [3.8, 4) is 0 Å². The van der Waals surface area contributed by atoms with Crippen molar-refractivity contribution in [2.45, 2.75) is 13.2 Å². The molecule has 0 saturated heterocycles. The van der Waals surface area contributed by atoms with Crippen LogP contribution in [0.4, 0.5) is 5.69 Å². The van der Waals surface area contributed by atoms with Gasteiger partial charge in [-0.25, -0.2) is 14.5 Å². The monoisotopic (exact) mass is 310 g/mol. The minimum absolute atomic E-state index is 0.339. The third-order valence-electron chi connectivity index (χ3n) is 3.36. The van der Waals surface area contributed by atoms with Crippen LogP contribution >= 0.6 is 0 Å². The Bertz CT molecular complexity index is 826. The first kappa shape index (κ1) is 15.0. The summed E-state index contributed by atoms with van der Waals surface area (Å²) in [7, 11) is 1.66. The summed E-state index contributed by atoms with van der Waals surface area (Å²) in [5.41, 5.74) is 9.59. The lowest BCUT2D eigenvalue weighted by atomic mass is 10.2. The van der Waals surface area contributed by atoms with Crippen LogP contribution in [0.3, 0.4) is 0 Å². The number of benzene rings is 1. The normalized spacial score (nSPS) is 11.8. The molecule has 3 rings (SSSR count). The maximum Gasteiger partial charge on any atom is 0.193 e. The smallest absolute Gasteiger partial charge is 0.193 e. The highest BCUT2D eigenvalue weighted by Gasteiger charge is 2.04. The Morgan fingerprint density at radius 1 is 1.26 bits per heavy atom. The molecule has 7 nitrogen and oxygen atoms in total. The number of aliphatic imine (C=N–C) groups is 1. The summed E-state index contributed by atoms with van der Waals surface area (Å²) in [6.07, 6.45) is 3.44. The third kappa shape index (κ3) is 3.46. The number of para-hydroxylation sites is 1. The Balaban J connectivity index is 1.75. The molecule has 3 aromatic rings. The molecule has 7 heteroatoms. The van der Waals surface area contributed by atoms with Gasteiger partial charge in [0, 0.05) is 30.6 Å². The summed E-state index contributed by atoms with van der Waals surface area (Å²) in [4.78, 5) is 8.59. The van der Waals surface area contributed by atoms with Gasteiger partial charge in [0.2, 0.25) is 0 Å². The van der Waals surface area contributed by atoms with Crippen molar-refractivity contribution in [1.82, 2.24) is 14.6 Å². The van der Waals surface area contributed by atoms with E-state index in [9.17, 15) is 0 Å². The first-order valence-corrected chi connectivity index (χ1v) is 7.19. The number of methoxy groups -OCH3 is 1. The number of nitrogens with one attached hydrogen (secondary N) is 1. The molecular formula is C16H18N6O. The van der Waals surface area contributed by atoms with E-state index >= 15 is 0 Å². The standard InChI is InChI=1S/C16H18N6O/c1-23-11-12-4-2-3-5-14(12)21-16(17)19-10-13-6-8-18-15-7-9-20-22(13)15/h2-9H,10-11H2,1H3,(H3,17,19,21). The van der Waals surface area contributed by atoms with Crippen LogP contribution < -0.4 is 11.1 Å². The lowest BCUT2D eigenvalue weighted by Gasteiger charge is -2.11. The first-order chi connectivity index (χ1) is 11.3. The van der Waals surface area contributed by atoms with Gasteiger partial charge in [-0.1, -0.05) is 18.2 Å². The number of nitrogens with two attached hydrogens (primary N) is 1. The molecule has 0 spiro atoms. The van der Waals surface area contributed by atoms with Crippen LogP contribution in [0.5, 0.6) is 0 Å². The summed E-state index contributed by atoms with van der Waals surface area (Å²) < 4.78 is 6.93. The fourth-order valence-corrected chi connectivity index (χ4v) is 2.27. The van der Waals surface area contributed by atoms with Crippen molar-refractivity contribution >= 4 is 17.3 Å². The molecule has 0 radical (unpaired) electrons. The van der Waals surface area contributed by atoms with E-state index in [2.05, 4.69) is 20.4 Å². The molecule has 2 heterocycles. The van der Waals surface area contributed by atoms with Gasteiger partial charge in [0.15, 0.2) is 11.6 Å². The Labute approximate surface area is 133 Å². The summed E-state index contributed by atoms with van der Waals surface area (Å²) in [6.45, 7) is 0.917. The number of ether oxygens (including phenoxy) is 1. The number of nitrogens with zero attached hydrogens (tertiary/aromatic N) is 4. The van der Waals surface area contributed by atoms with Crippen molar-refractivity contribution in [1.29, 1.82) is 0 Å². The first-order valence-electron chi connectivity index (χ1n) is 7.19. The van der Waals surface area contributed by atoms with Gasteiger partial charge in [-0.2, -0.15) is 5.10 Å². The molecule has 118 valence electrons. The Hall–Kier alpha value is -2.93. The molecule has 0 aliphatic carbocycles. The maximum atomic E-state index is 5.99. The van der Waals surface area contributed by atoms with Crippen LogP contribution in [0.25, 0.3) is 5.65 Å². The maximum absolute atomic E-state index is 5.99. The molecule has 0 saturated carbocycles. The summed E-state index contributed by atoms with van der Waals surface area (Å²) in [5, 5.41) is 7.34. The highest BCUT2D eigenvalue weighted by molar-refractivity contribution is 5.92. The number of guanidine groups is 1. The van der Waals surface area contributed by atoms with Gasteiger partial charge in [-0.15, -0.1) is 0 Å². The summed E-state index contributed by atoms with van der Waals surface area (Å²) in [6, 6.07) is 11.5. The molecular weight excluding hydrogens is 292 g/mol. The van der Waals surface area contributed by atoms with E-state index in [1.54, 1.807) is 24.0 Å². The summed E-state index contributed by atoms with van der Waals surface area (Å²) >= 11 is 0. The van der Waals surface area contributed by atoms with E-state index in [1.165, 1.54) is 0 Å². The van der Waals surface area contributed by atoms with Crippen LogP contribution in [0, 0.1) is 0 Å². The van der Waals surface area contributed by atoms with E-state index in [0.717, 1.165) is 22.6 Å². The third-order valence-corrected chi connectivity index (χ3v) is 3.36. The molecule has 2 aromatic heterocycles. The van der Waals surface area contributed by atoms with Crippen molar-refractivity contribution in [2.24, 2.45) is 10.7 Å². The number of anilines is 1. The number of hydrogen-bond donors (Lipinski definition) is 2. The average Bonchev–Trinajstić information content (AvgIpc) is 3.04. The minimum atomic E-state index is 0.339. The molecule has 0 bridgehead atoms. The van der Waals surface area contributed by atoms with Crippen LogP contribution in [-0.4, -0.2) is 27.7 Å². The molecule has 0 amide bonds. The molecule has 0 aliphatic heterocycles. The zero-order valence-electron chi connectivity index (χ0n) is 12.8. The van der Waals surface area contributed by atoms with Crippen LogP contribution in [0.15, 0.2) is 53.8 Å². The highest BCUT2D eigenvalue weighted by atomic mass is 16.5. The molecule has 1 aromatic carbocycles. The fourth-order valence-electron chi connectivity index (χ4n) is 2.27. The average molecular weight is 310 g/mol.